The van der Waals surface area contributed by atoms with Crippen molar-refractivity contribution in [2.75, 3.05) is 6.54 Å². The number of carbonyl (C=O) groups is 1. The van der Waals surface area contributed by atoms with Crippen LogP contribution in [0, 0.1) is 11.8 Å². The third-order valence-electron chi connectivity index (χ3n) is 4.05. The van der Waals surface area contributed by atoms with E-state index < -0.39 is 12.7 Å². The first kappa shape index (κ1) is 13.9. The van der Waals surface area contributed by atoms with E-state index in [2.05, 4.69) is 0 Å². The van der Waals surface area contributed by atoms with Gasteiger partial charge in [0.05, 0.1) is 0 Å². The van der Waals surface area contributed by atoms with Gasteiger partial charge in [-0.15, -0.1) is 0 Å². The molecule has 1 N–H and O–H groups in total. The highest BCUT2D eigenvalue weighted by atomic mass is 16.6. The lowest BCUT2D eigenvalue weighted by atomic mass is 9.83. The van der Waals surface area contributed by atoms with Crippen LogP contribution in [0.4, 0.5) is 0 Å². The molecular weight excluding hydrogens is 229 g/mol. The van der Waals surface area contributed by atoms with Crippen molar-refractivity contribution in [2.24, 2.45) is 11.8 Å². The van der Waals surface area contributed by atoms with Crippen molar-refractivity contribution >= 4 is 13.0 Å². The van der Waals surface area contributed by atoms with Gasteiger partial charge in [0.15, 0.2) is 0 Å². The maximum atomic E-state index is 12.3. The van der Waals surface area contributed by atoms with Gasteiger partial charge < -0.3 is 14.6 Å². The lowest BCUT2D eigenvalue weighted by Crippen LogP contribution is -2.49. The largest absolute Gasteiger partial charge is 0.459 e. The molecule has 5 heteroatoms. The fraction of sp³-hybridized carbons (Fsp3) is 0.923. The minimum absolute atomic E-state index is 0.169. The maximum Gasteiger partial charge on any atom is 0.377 e. The third-order valence-corrected chi connectivity index (χ3v) is 4.05. The van der Waals surface area contributed by atoms with Gasteiger partial charge in [-0.2, -0.15) is 0 Å². The van der Waals surface area contributed by atoms with Crippen molar-refractivity contribution in [3.8, 4) is 0 Å². The van der Waals surface area contributed by atoms with Crippen LogP contribution < -0.4 is 0 Å². The van der Waals surface area contributed by atoms with Crippen LogP contribution >= 0.6 is 0 Å². The summed E-state index contributed by atoms with van der Waals surface area (Å²) in [5, 5.41) is 9.84. The minimum atomic E-state index is -0.576. The molecule has 0 spiro atoms. The van der Waals surface area contributed by atoms with Crippen molar-refractivity contribution in [1.82, 2.24) is 4.81 Å². The Hall–Kier alpha value is -0.545. The summed E-state index contributed by atoms with van der Waals surface area (Å²) in [6, 6.07) is -0.253. The van der Waals surface area contributed by atoms with Crippen LogP contribution in [0.2, 0.25) is 6.82 Å². The molecule has 3 atom stereocenters. The molecule has 0 radical (unpaired) electrons. The number of hydrogen-bond donors (Lipinski definition) is 1. The zero-order valence-corrected chi connectivity index (χ0v) is 11.8. The Morgan fingerprint density at radius 2 is 2.06 bits per heavy atom. The van der Waals surface area contributed by atoms with Crippen molar-refractivity contribution in [3.05, 3.63) is 0 Å². The summed E-state index contributed by atoms with van der Waals surface area (Å²) in [5.41, 5.74) is -0.460. The number of fused-ring (bicyclic) bond motifs is 1. The number of ether oxygens (including phenoxy) is 1. The lowest BCUT2D eigenvalue weighted by Gasteiger charge is -2.30. The van der Waals surface area contributed by atoms with Gasteiger partial charge in [-0.3, -0.25) is 4.79 Å². The van der Waals surface area contributed by atoms with Gasteiger partial charge in [-0.05, 0) is 58.8 Å². The molecule has 1 aliphatic heterocycles. The quantitative estimate of drug-likeness (QED) is 0.599. The summed E-state index contributed by atoms with van der Waals surface area (Å²) < 4.78 is 5.52. The van der Waals surface area contributed by atoms with E-state index in [-0.39, 0.29) is 12.0 Å². The molecule has 4 nitrogen and oxygen atoms in total. The van der Waals surface area contributed by atoms with Gasteiger partial charge in [0, 0.05) is 0 Å². The van der Waals surface area contributed by atoms with Gasteiger partial charge >= 0.3 is 13.0 Å². The predicted molar refractivity (Wildman–Crippen MR) is 71.0 cm³/mol. The van der Waals surface area contributed by atoms with Crippen molar-refractivity contribution in [3.63, 3.8) is 0 Å². The lowest BCUT2D eigenvalue weighted by molar-refractivity contribution is -0.160. The molecular formula is C13H24BNO3. The summed E-state index contributed by atoms with van der Waals surface area (Å²) in [5.74, 6) is 0.754. The van der Waals surface area contributed by atoms with Gasteiger partial charge in [-0.25, -0.2) is 0 Å². The molecule has 1 saturated carbocycles. The Morgan fingerprint density at radius 1 is 1.39 bits per heavy atom. The highest BCUT2D eigenvalue weighted by Gasteiger charge is 2.50. The average Bonchev–Trinajstić information content (AvgIpc) is 2.70. The summed E-state index contributed by atoms with van der Waals surface area (Å²) in [4.78, 5) is 14.2. The van der Waals surface area contributed by atoms with Crippen LogP contribution in [0.15, 0.2) is 0 Å². The SMILES string of the molecule is CB(O)N1C[C@@H]2CCC[C@@H]2[C@@H]1C(=O)OC(C)(C)C. The second-order valence-electron chi connectivity index (χ2n) is 6.66. The second kappa shape index (κ2) is 4.85. The molecule has 0 aromatic carbocycles. The first-order valence-corrected chi connectivity index (χ1v) is 6.96. The monoisotopic (exact) mass is 253 g/mol. The summed E-state index contributed by atoms with van der Waals surface area (Å²) in [6.07, 6.45) is 3.45. The fourth-order valence-corrected chi connectivity index (χ4v) is 3.40. The van der Waals surface area contributed by atoms with E-state index in [9.17, 15) is 9.82 Å². The number of carbonyl (C=O) groups excluding carboxylic acids is 1. The summed E-state index contributed by atoms with van der Waals surface area (Å²) >= 11 is 0. The zero-order valence-electron chi connectivity index (χ0n) is 11.8. The van der Waals surface area contributed by atoms with Crippen LogP contribution in [0.25, 0.3) is 0 Å². The summed E-state index contributed by atoms with van der Waals surface area (Å²) in [6.45, 7) is 8.22. The Morgan fingerprint density at radius 3 is 2.61 bits per heavy atom. The van der Waals surface area contributed by atoms with Crippen molar-refractivity contribution < 1.29 is 14.6 Å². The van der Waals surface area contributed by atoms with E-state index in [1.807, 2.05) is 25.6 Å². The third kappa shape index (κ3) is 2.72. The molecule has 102 valence electrons. The smallest absolute Gasteiger partial charge is 0.377 e. The topological polar surface area (TPSA) is 49.8 Å². The molecule has 1 saturated heterocycles. The van der Waals surface area contributed by atoms with E-state index in [1.165, 1.54) is 12.8 Å². The van der Waals surface area contributed by atoms with E-state index in [1.54, 1.807) is 6.82 Å². The predicted octanol–water partition coefficient (Wildman–Crippen LogP) is 1.54. The number of hydrogen-bond acceptors (Lipinski definition) is 4. The van der Waals surface area contributed by atoms with Gasteiger partial charge in [0.25, 0.3) is 0 Å². The number of rotatable bonds is 2. The minimum Gasteiger partial charge on any atom is -0.459 e. The van der Waals surface area contributed by atoms with Crippen LogP contribution in [0.3, 0.4) is 0 Å². The Bertz CT molecular complexity index is 327. The Labute approximate surface area is 110 Å². The molecule has 2 aliphatic rings. The molecule has 0 bridgehead atoms. The standard InChI is InChI=1S/C13H24BNO3/c1-13(2,3)18-12(16)11-10-7-5-6-9(10)8-15(11)14(4)17/h9-11,17H,5-8H2,1-4H3/t9-,10-,11+/m0/s1. The van der Waals surface area contributed by atoms with Crippen LogP contribution in [0.1, 0.15) is 40.0 Å². The molecule has 0 unspecified atom stereocenters. The zero-order chi connectivity index (χ0) is 13.5. The number of esters is 1. The van der Waals surface area contributed by atoms with Crippen molar-refractivity contribution in [1.29, 1.82) is 0 Å². The van der Waals surface area contributed by atoms with E-state index in [0.717, 1.165) is 13.0 Å². The number of nitrogens with zero attached hydrogens (tertiary/aromatic N) is 1. The first-order valence-electron chi connectivity index (χ1n) is 6.96. The van der Waals surface area contributed by atoms with Crippen LogP contribution in [0.5, 0.6) is 0 Å². The molecule has 18 heavy (non-hydrogen) atoms. The molecule has 1 aliphatic carbocycles. The normalized spacial score (nSPS) is 32.4. The van der Waals surface area contributed by atoms with E-state index in [4.69, 9.17) is 4.74 Å². The van der Waals surface area contributed by atoms with Crippen molar-refractivity contribution in [2.45, 2.75) is 58.5 Å². The van der Waals surface area contributed by atoms with Crippen LogP contribution in [-0.2, 0) is 9.53 Å². The summed E-state index contributed by atoms with van der Waals surface area (Å²) in [7, 11) is -0.576. The van der Waals surface area contributed by atoms with E-state index >= 15 is 0 Å². The Kier molecular flexibility index (Phi) is 3.74. The molecule has 0 aromatic heterocycles. The first-order chi connectivity index (χ1) is 8.29. The Balaban J connectivity index is 2.13. The average molecular weight is 253 g/mol. The highest BCUT2D eigenvalue weighted by molar-refractivity contribution is 6.45. The fourth-order valence-electron chi connectivity index (χ4n) is 3.40. The van der Waals surface area contributed by atoms with Gasteiger partial charge in [-0.1, -0.05) is 6.42 Å². The highest BCUT2D eigenvalue weighted by Crippen LogP contribution is 2.43. The molecule has 2 rings (SSSR count). The van der Waals surface area contributed by atoms with E-state index in [0.29, 0.717) is 11.8 Å². The van der Waals surface area contributed by atoms with Gasteiger partial charge in [0.2, 0.25) is 0 Å². The molecule has 1 heterocycles. The van der Waals surface area contributed by atoms with Crippen LogP contribution in [-0.4, -0.2) is 41.0 Å². The molecule has 0 amide bonds. The van der Waals surface area contributed by atoms with Gasteiger partial charge in [0.1, 0.15) is 11.6 Å². The molecule has 0 aromatic rings. The second-order valence-corrected chi connectivity index (χ2v) is 6.66. The molecule has 2 fully saturated rings. The maximum absolute atomic E-state index is 12.3.